The topological polar surface area (TPSA) is 83.4 Å². The number of amides is 3. The van der Waals surface area contributed by atoms with Crippen LogP contribution in [0.15, 0.2) is 41.2 Å². The molecule has 0 fully saturated rings. The van der Waals surface area contributed by atoms with Crippen molar-refractivity contribution in [1.82, 2.24) is 5.32 Å². The number of furan rings is 1. The molecule has 3 N–H and O–H groups in total. The highest BCUT2D eigenvalue weighted by Gasteiger charge is 2.08. The minimum Gasteiger partial charge on any atom is -0.472 e. The largest absolute Gasteiger partial charge is 0.472 e. The first-order chi connectivity index (χ1) is 10.0. The van der Waals surface area contributed by atoms with E-state index >= 15 is 0 Å². The maximum absolute atomic E-state index is 13.6. The zero-order valence-electron chi connectivity index (χ0n) is 11.3. The number of carbonyl (C=O) groups is 2. The normalized spacial score (nSPS) is 10.0. The van der Waals surface area contributed by atoms with Crippen LogP contribution in [0.1, 0.15) is 12.5 Å². The molecule has 0 bridgehead atoms. The van der Waals surface area contributed by atoms with Crippen LogP contribution >= 0.6 is 0 Å². The van der Waals surface area contributed by atoms with Gasteiger partial charge in [0.2, 0.25) is 5.91 Å². The highest BCUT2D eigenvalue weighted by Crippen LogP contribution is 2.19. The zero-order valence-corrected chi connectivity index (χ0v) is 11.3. The van der Waals surface area contributed by atoms with Crippen molar-refractivity contribution in [3.05, 3.63) is 48.2 Å². The Morgan fingerprint density at radius 2 is 2.05 bits per heavy atom. The SMILES string of the molecule is CC(=O)Nc1ccc(F)c(NC(=O)NCc2ccoc2)c1. The fraction of sp³-hybridized carbons (Fsp3) is 0.143. The fourth-order valence-electron chi connectivity index (χ4n) is 1.64. The van der Waals surface area contributed by atoms with Crippen molar-refractivity contribution in [3.8, 4) is 0 Å². The van der Waals surface area contributed by atoms with Gasteiger partial charge in [0.15, 0.2) is 0 Å². The summed E-state index contributed by atoms with van der Waals surface area (Å²) in [5.74, 6) is -0.875. The molecule has 7 heteroatoms. The van der Waals surface area contributed by atoms with E-state index in [4.69, 9.17) is 4.42 Å². The lowest BCUT2D eigenvalue weighted by Crippen LogP contribution is -2.28. The molecule has 1 aromatic carbocycles. The molecular weight excluding hydrogens is 277 g/mol. The molecule has 110 valence electrons. The lowest BCUT2D eigenvalue weighted by atomic mass is 10.2. The van der Waals surface area contributed by atoms with Gasteiger partial charge >= 0.3 is 6.03 Å². The predicted molar refractivity (Wildman–Crippen MR) is 75.3 cm³/mol. The quantitative estimate of drug-likeness (QED) is 0.809. The van der Waals surface area contributed by atoms with Crippen LogP contribution in [0.3, 0.4) is 0 Å². The summed E-state index contributed by atoms with van der Waals surface area (Å²) in [6, 6.07) is 5.06. The molecule has 0 radical (unpaired) electrons. The number of anilines is 2. The van der Waals surface area contributed by atoms with E-state index in [1.807, 2.05) is 0 Å². The Balaban J connectivity index is 1.97. The number of rotatable bonds is 4. The van der Waals surface area contributed by atoms with E-state index in [9.17, 15) is 14.0 Å². The lowest BCUT2D eigenvalue weighted by Gasteiger charge is -2.10. The van der Waals surface area contributed by atoms with Crippen LogP contribution in [0, 0.1) is 5.82 Å². The summed E-state index contributed by atoms with van der Waals surface area (Å²) < 4.78 is 18.5. The molecular formula is C14H14FN3O3. The second kappa shape index (κ2) is 6.56. The van der Waals surface area contributed by atoms with Crippen molar-refractivity contribution in [2.45, 2.75) is 13.5 Å². The molecule has 0 saturated carbocycles. The molecule has 0 saturated heterocycles. The van der Waals surface area contributed by atoms with E-state index < -0.39 is 11.8 Å². The standard InChI is InChI=1S/C14H14FN3O3/c1-9(19)17-11-2-3-12(15)13(6-11)18-14(20)16-7-10-4-5-21-8-10/h2-6,8H,7H2,1H3,(H,17,19)(H2,16,18,20). The van der Waals surface area contributed by atoms with E-state index in [1.165, 1.54) is 31.6 Å². The smallest absolute Gasteiger partial charge is 0.319 e. The Labute approximate surface area is 120 Å². The first kappa shape index (κ1) is 14.6. The van der Waals surface area contributed by atoms with E-state index in [1.54, 1.807) is 6.07 Å². The van der Waals surface area contributed by atoms with Crippen LogP contribution in [0.2, 0.25) is 0 Å². The summed E-state index contributed by atoms with van der Waals surface area (Å²) in [4.78, 5) is 22.6. The second-order valence-electron chi connectivity index (χ2n) is 4.32. The highest BCUT2D eigenvalue weighted by molar-refractivity contribution is 5.92. The van der Waals surface area contributed by atoms with E-state index in [-0.39, 0.29) is 18.1 Å². The minimum atomic E-state index is -0.595. The number of halogens is 1. The molecule has 1 aromatic heterocycles. The zero-order chi connectivity index (χ0) is 15.2. The second-order valence-corrected chi connectivity index (χ2v) is 4.32. The molecule has 2 rings (SSSR count). The Hall–Kier alpha value is -2.83. The van der Waals surface area contributed by atoms with Crippen LogP contribution < -0.4 is 16.0 Å². The molecule has 2 aromatic rings. The Morgan fingerprint density at radius 1 is 1.24 bits per heavy atom. The Morgan fingerprint density at radius 3 is 2.71 bits per heavy atom. The van der Waals surface area contributed by atoms with Crippen LogP contribution in [-0.4, -0.2) is 11.9 Å². The van der Waals surface area contributed by atoms with E-state index in [2.05, 4.69) is 16.0 Å². The maximum atomic E-state index is 13.6. The summed E-state index contributed by atoms with van der Waals surface area (Å²) in [5, 5.41) is 7.45. The molecule has 6 nitrogen and oxygen atoms in total. The van der Waals surface area contributed by atoms with Gasteiger partial charge in [0.1, 0.15) is 5.82 Å². The lowest BCUT2D eigenvalue weighted by molar-refractivity contribution is -0.114. The van der Waals surface area contributed by atoms with Gasteiger partial charge in [-0.2, -0.15) is 0 Å². The van der Waals surface area contributed by atoms with Crippen LogP contribution in [-0.2, 0) is 11.3 Å². The Kier molecular flexibility index (Phi) is 4.55. The van der Waals surface area contributed by atoms with Crippen molar-refractivity contribution in [1.29, 1.82) is 0 Å². The molecule has 0 atom stereocenters. The molecule has 0 aliphatic carbocycles. The van der Waals surface area contributed by atoms with Crippen LogP contribution in [0.25, 0.3) is 0 Å². The molecule has 0 unspecified atom stereocenters. The summed E-state index contributed by atoms with van der Waals surface area (Å²) in [7, 11) is 0. The van der Waals surface area contributed by atoms with Crippen LogP contribution in [0.4, 0.5) is 20.6 Å². The van der Waals surface area contributed by atoms with Gasteiger partial charge in [0, 0.05) is 24.7 Å². The van der Waals surface area contributed by atoms with Gasteiger partial charge in [-0.15, -0.1) is 0 Å². The minimum absolute atomic E-state index is 0.0223. The van der Waals surface area contributed by atoms with Crippen molar-refractivity contribution >= 4 is 23.3 Å². The third-order valence-corrected chi connectivity index (χ3v) is 2.57. The van der Waals surface area contributed by atoms with Gasteiger partial charge in [0.05, 0.1) is 18.2 Å². The number of benzene rings is 1. The highest BCUT2D eigenvalue weighted by atomic mass is 19.1. The third-order valence-electron chi connectivity index (χ3n) is 2.57. The molecule has 0 aliphatic heterocycles. The molecule has 3 amide bonds. The molecule has 0 aliphatic rings. The van der Waals surface area contributed by atoms with Crippen molar-refractivity contribution in [2.24, 2.45) is 0 Å². The third kappa shape index (κ3) is 4.34. The Bertz CT molecular complexity index is 641. The van der Waals surface area contributed by atoms with E-state index in [0.717, 1.165) is 11.6 Å². The van der Waals surface area contributed by atoms with Gasteiger partial charge in [-0.25, -0.2) is 9.18 Å². The van der Waals surface area contributed by atoms with Gasteiger partial charge in [0.25, 0.3) is 0 Å². The van der Waals surface area contributed by atoms with Gasteiger partial charge in [-0.1, -0.05) is 0 Å². The summed E-state index contributed by atoms with van der Waals surface area (Å²) in [6.45, 7) is 1.60. The number of carbonyl (C=O) groups excluding carboxylic acids is 2. The number of urea groups is 1. The fourth-order valence-corrected chi connectivity index (χ4v) is 1.64. The van der Waals surface area contributed by atoms with Gasteiger partial charge in [-0.05, 0) is 24.3 Å². The first-order valence-electron chi connectivity index (χ1n) is 6.17. The van der Waals surface area contributed by atoms with Crippen LogP contribution in [0.5, 0.6) is 0 Å². The summed E-state index contributed by atoms with van der Waals surface area (Å²) in [5.41, 5.74) is 1.16. The van der Waals surface area contributed by atoms with Gasteiger partial charge in [-0.3, -0.25) is 4.79 Å². The monoisotopic (exact) mass is 291 g/mol. The predicted octanol–water partition coefficient (Wildman–Crippen LogP) is 2.70. The number of hydrogen-bond donors (Lipinski definition) is 3. The van der Waals surface area contributed by atoms with Crippen molar-refractivity contribution in [2.75, 3.05) is 10.6 Å². The summed E-state index contributed by atoms with van der Waals surface area (Å²) >= 11 is 0. The molecule has 21 heavy (non-hydrogen) atoms. The average molecular weight is 291 g/mol. The molecule has 0 spiro atoms. The van der Waals surface area contributed by atoms with Gasteiger partial charge < -0.3 is 20.4 Å². The van der Waals surface area contributed by atoms with Crippen molar-refractivity contribution in [3.63, 3.8) is 0 Å². The number of nitrogens with one attached hydrogen (secondary N) is 3. The number of hydrogen-bond acceptors (Lipinski definition) is 3. The first-order valence-corrected chi connectivity index (χ1v) is 6.17. The maximum Gasteiger partial charge on any atom is 0.319 e. The molecule has 1 heterocycles. The average Bonchev–Trinajstić information content (AvgIpc) is 2.93. The van der Waals surface area contributed by atoms with Crippen molar-refractivity contribution < 1.29 is 18.4 Å². The summed E-state index contributed by atoms with van der Waals surface area (Å²) in [6.07, 6.45) is 2.99. The van der Waals surface area contributed by atoms with E-state index in [0.29, 0.717) is 5.69 Å².